The molecule has 5 heteroatoms. The minimum absolute atomic E-state index is 0.0573. The summed E-state index contributed by atoms with van der Waals surface area (Å²) in [5.41, 5.74) is 1.71. The van der Waals surface area contributed by atoms with Crippen molar-refractivity contribution in [3.63, 3.8) is 0 Å². The lowest BCUT2D eigenvalue weighted by Crippen LogP contribution is -2.17. The first-order valence-electron chi connectivity index (χ1n) is 6.11. The fraction of sp³-hybridized carbons (Fsp3) is 0.286. The number of hydrogen-bond donors (Lipinski definition) is 2. The number of rotatable bonds is 4. The van der Waals surface area contributed by atoms with Gasteiger partial charge in [0.2, 0.25) is 5.91 Å². The smallest absolute Gasteiger partial charge is 0.228 e. The van der Waals surface area contributed by atoms with Crippen molar-refractivity contribution in [3.8, 4) is 17.0 Å². The SMILES string of the molecule is COc1ccccc1-c1cc(NC(=O)C(C)C)n[nH]1. The maximum absolute atomic E-state index is 11.6. The number of benzene rings is 1. The standard InChI is InChI=1S/C14H17N3O2/c1-9(2)14(18)15-13-8-11(16-17-13)10-6-4-5-7-12(10)19-3/h4-9H,1-3H3,(H2,15,16,17,18). The Kier molecular flexibility index (Phi) is 3.85. The number of hydrogen-bond acceptors (Lipinski definition) is 3. The lowest BCUT2D eigenvalue weighted by Gasteiger charge is -2.05. The summed E-state index contributed by atoms with van der Waals surface area (Å²) in [7, 11) is 1.62. The van der Waals surface area contributed by atoms with E-state index in [1.165, 1.54) is 0 Å². The normalized spacial score (nSPS) is 10.5. The Bertz CT molecular complexity index is 576. The van der Waals surface area contributed by atoms with Crippen molar-refractivity contribution in [1.29, 1.82) is 0 Å². The Balaban J connectivity index is 2.23. The van der Waals surface area contributed by atoms with Crippen LogP contribution in [0, 0.1) is 5.92 Å². The highest BCUT2D eigenvalue weighted by Gasteiger charge is 2.12. The Labute approximate surface area is 112 Å². The molecule has 100 valence electrons. The molecule has 2 aromatic rings. The molecule has 0 aliphatic rings. The zero-order chi connectivity index (χ0) is 13.8. The molecule has 2 N–H and O–H groups in total. The van der Waals surface area contributed by atoms with E-state index in [9.17, 15) is 4.79 Å². The van der Waals surface area contributed by atoms with Crippen LogP contribution >= 0.6 is 0 Å². The predicted octanol–water partition coefficient (Wildman–Crippen LogP) is 2.68. The van der Waals surface area contributed by atoms with Gasteiger partial charge in [-0.3, -0.25) is 9.89 Å². The monoisotopic (exact) mass is 259 g/mol. The van der Waals surface area contributed by atoms with Gasteiger partial charge in [-0.1, -0.05) is 26.0 Å². The number of ether oxygens (including phenoxy) is 1. The van der Waals surface area contributed by atoms with Crippen molar-refractivity contribution >= 4 is 11.7 Å². The molecule has 0 aliphatic carbocycles. The lowest BCUT2D eigenvalue weighted by molar-refractivity contribution is -0.118. The van der Waals surface area contributed by atoms with E-state index >= 15 is 0 Å². The van der Waals surface area contributed by atoms with Gasteiger partial charge in [0.1, 0.15) is 5.75 Å². The summed E-state index contributed by atoms with van der Waals surface area (Å²) in [5.74, 6) is 1.14. The van der Waals surface area contributed by atoms with Crippen molar-refractivity contribution < 1.29 is 9.53 Å². The molecule has 2 rings (SSSR count). The van der Waals surface area contributed by atoms with E-state index in [-0.39, 0.29) is 11.8 Å². The number of carbonyl (C=O) groups is 1. The molecule has 5 nitrogen and oxygen atoms in total. The van der Waals surface area contributed by atoms with Gasteiger partial charge in [-0.15, -0.1) is 0 Å². The second-order valence-electron chi connectivity index (χ2n) is 4.51. The third-order valence-corrected chi connectivity index (χ3v) is 2.75. The maximum atomic E-state index is 11.6. The van der Waals surface area contributed by atoms with E-state index in [2.05, 4.69) is 15.5 Å². The number of carbonyl (C=O) groups excluding carboxylic acids is 1. The minimum atomic E-state index is -0.0774. The summed E-state index contributed by atoms with van der Waals surface area (Å²) < 4.78 is 5.29. The Morgan fingerprint density at radius 2 is 2.11 bits per heavy atom. The lowest BCUT2D eigenvalue weighted by atomic mass is 10.1. The van der Waals surface area contributed by atoms with Crippen molar-refractivity contribution in [2.45, 2.75) is 13.8 Å². The fourth-order valence-electron chi connectivity index (χ4n) is 1.66. The van der Waals surface area contributed by atoms with Gasteiger partial charge in [-0.05, 0) is 12.1 Å². The van der Waals surface area contributed by atoms with Crippen LogP contribution in [0.3, 0.4) is 0 Å². The number of anilines is 1. The molecule has 1 heterocycles. The van der Waals surface area contributed by atoms with Crippen molar-refractivity contribution in [3.05, 3.63) is 30.3 Å². The van der Waals surface area contributed by atoms with Crippen LogP contribution in [0.1, 0.15) is 13.8 Å². The van der Waals surface area contributed by atoms with Crippen LogP contribution in [0.4, 0.5) is 5.82 Å². The molecular formula is C14H17N3O2. The van der Waals surface area contributed by atoms with Crippen LogP contribution in [0.25, 0.3) is 11.3 Å². The number of aromatic amines is 1. The minimum Gasteiger partial charge on any atom is -0.496 e. The van der Waals surface area contributed by atoms with Crippen molar-refractivity contribution in [1.82, 2.24) is 10.2 Å². The summed E-state index contributed by atoms with van der Waals surface area (Å²) in [6, 6.07) is 9.42. The van der Waals surface area contributed by atoms with Gasteiger partial charge >= 0.3 is 0 Å². The molecule has 0 unspecified atom stereocenters. The average molecular weight is 259 g/mol. The van der Waals surface area contributed by atoms with Crippen molar-refractivity contribution in [2.24, 2.45) is 5.92 Å². The topological polar surface area (TPSA) is 67.0 Å². The molecule has 0 fully saturated rings. The summed E-state index contributed by atoms with van der Waals surface area (Å²) in [4.78, 5) is 11.6. The van der Waals surface area contributed by atoms with Gasteiger partial charge in [-0.2, -0.15) is 5.10 Å². The van der Waals surface area contributed by atoms with E-state index in [0.29, 0.717) is 5.82 Å². The van der Waals surface area contributed by atoms with Crippen LogP contribution in [-0.4, -0.2) is 23.2 Å². The van der Waals surface area contributed by atoms with Gasteiger partial charge in [0.25, 0.3) is 0 Å². The summed E-state index contributed by atoms with van der Waals surface area (Å²) in [5, 5.41) is 9.72. The average Bonchev–Trinajstić information content (AvgIpc) is 2.86. The first-order chi connectivity index (χ1) is 9.11. The zero-order valence-electron chi connectivity index (χ0n) is 11.2. The van der Waals surface area contributed by atoms with E-state index < -0.39 is 0 Å². The summed E-state index contributed by atoms with van der Waals surface area (Å²) in [6.07, 6.45) is 0. The fourth-order valence-corrected chi connectivity index (χ4v) is 1.66. The number of methoxy groups -OCH3 is 1. The molecule has 1 aromatic carbocycles. The molecule has 0 aliphatic heterocycles. The number of H-pyrrole nitrogens is 1. The van der Waals surface area contributed by atoms with E-state index in [1.807, 2.05) is 38.1 Å². The Hall–Kier alpha value is -2.30. The molecule has 0 bridgehead atoms. The number of nitrogens with zero attached hydrogens (tertiary/aromatic N) is 1. The van der Waals surface area contributed by atoms with Crippen LogP contribution in [0.2, 0.25) is 0 Å². The molecular weight excluding hydrogens is 242 g/mol. The van der Waals surface area contributed by atoms with Crippen LogP contribution in [-0.2, 0) is 4.79 Å². The number of para-hydroxylation sites is 1. The summed E-state index contributed by atoms with van der Waals surface area (Å²) >= 11 is 0. The second-order valence-corrected chi connectivity index (χ2v) is 4.51. The van der Waals surface area contributed by atoms with E-state index in [1.54, 1.807) is 13.2 Å². The van der Waals surface area contributed by atoms with Gasteiger partial charge in [0.05, 0.1) is 12.8 Å². The Morgan fingerprint density at radius 1 is 1.37 bits per heavy atom. The summed E-state index contributed by atoms with van der Waals surface area (Å²) in [6.45, 7) is 3.67. The molecule has 0 radical (unpaired) electrons. The molecule has 19 heavy (non-hydrogen) atoms. The number of amides is 1. The quantitative estimate of drug-likeness (QED) is 0.887. The van der Waals surface area contributed by atoms with Crippen LogP contribution < -0.4 is 10.1 Å². The highest BCUT2D eigenvalue weighted by atomic mass is 16.5. The molecule has 1 aromatic heterocycles. The Morgan fingerprint density at radius 3 is 2.79 bits per heavy atom. The highest BCUT2D eigenvalue weighted by Crippen LogP contribution is 2.29. The van der Waals surface area contributed by atoms with Gasteiger partial charge in [0, 0.05) is 17.5 Å². The predicted molar refractivity (Wildman–Crippen MR) is 74.0 cm³/mol. The van der Waals surface area contributed by atoms with Gasteiger partial charge in [0.15, 0.2) is 5.82 Å². The van der Waals surface area contributed by atoms with E-state index in [4.69, 9.17) is 4.74 Å². The number of nitrogens with one attached hydrogen (secondary N) is 2. The maximum Gasteiger partial charge on any atom is 0.228 e. The second kappa shape index (κ2) is 5.56. The third kappa shape index (κ3) is 2.93. The highest BCUT2D eigenvalue weighted by molar-refractivity contribution is 5.91. The first-order valence-corrected chi connectivity index (χ1v) is 6.11. The molecule has 0 saturated heterocycles. The number of aromatic nitrogens is 2. The van der Waals surface area contributed by atoms with Crippen LogP contribution in [0.5, 0.6) is 5.75 Å². The third-order valence-electron chi connectivity index (χ3n) is 2.75. The largest absolute Gasteiger partial charge is 0.496 e. The zero-order valence-corrected chi connectivity index (χ0v) is 11.2. The molecule has 0 atom stereocenters. The van der Waals surface area contributed by atoms with Gasteiger partial charge in [-0.25, -0.2) is 0 Å². The molecule has 0 spiro atoms. The van der Waals surface area contributed by atoms with Crippen LogP contribution in [0.15, 0.2) is 30.3 Å². The first kappa shape index (κ1) is 13.1. The van der Waals surface area contributed by atoms with Gasteiger partial charge < -0.3 is 10.1 Å². The molecule has 0 saturated carbocycles. The van der Waals surface area contributed by atoms with E-state index in [0.717, 1.165) is 17.0 Å². The van der Waals surface area contributed by atoms with Crippen molar-refractivity contribution in [2.75, 3.05) is 12.4 Å². The molecule has 1 amide bonds.